The summed E-state index contributed by atoms with van der Waals surface area (Å²) in [4.78, 5) is 4.15. The molecule has 0 aliphatic heterocycles. The molecule has 0 atom stereocenters. The smallest absolute Gasteiger partial charge is 0.147 e. The zero-order chi connectivity index (χ0) is 13.5. The van der Waals surface area contributed by atoms with Gasteiger partial charge in [-0.25, -0.2) is 0 Å². The van der Waals surface area contributed by atoms with E-state index in [4.69, 9.17) is 9.47 Å². The SMILES string of the molecule is CCNc1cncc(Oc2cccc(COC)c2)c1. The summed E-state index contributed by atoms with van der Waals surface area (Å²) in [6, 6.07) is 9.76. The van der Waals surface area contributed by atoms with Crippen molar-refractivity contribution < 1.29 is 9.47 Å². The first-order chi connectivity index (χ1) is 9.31. The molecule has 1 heterocycles. The highest BCUT2D eigenvalue weighted by Crippen LogP contribution is 2.23. The van der Waals surface area contributed by atoms with Crippen LogP contribution in [0, 0.1) is 0 Å². The van der Waals surface area contributed by atoms with Crippen molar-refractivity contribution in [2.24, 2.45) is 0 Å². The molecule has 19 heavy (non-hydrogen) atoms. The van der Waals surface area contributed by atoms with Crippen LogP contribution in [-0.2, 0) is 11.3 Å². The standard InChI is InChI=1S/C15H18N2O2/c1-3-17-13-8-15(10-16-9-13)19-14-6-4-5-12(7-14)11-18-2/h4-10,17H,3,11H2,1-2H3. The third-order valence-electron chi connectivity index (χ3n) is 2.54. The van der Waals surface area contributed by atoms with Crippen LogP contribution < -0.4 is 10.1 Å². The molecule has 2 rings (SSSR count). The van der Waals surface area contributed by atoms with Crippen LogP contribution in [0.1, 0.15) is 12.5 Å². The highest BCUT2D eigenvalue weighted by atomic mass is 16.5. The van der Waals surface area contributed by atoms with Crippen molar-refractivity contribution in [3.63, 3.8) is 0 Å². The molecular formula is C15H18N2O2. The first kappa shape index (κ1) is 13.4. The van der Waals surface area contributed by atoms with Gasteiger partial charge in [-0.3, -0.25) is 4.98 Å². The Bertz CT molecular complexity index is 482. The van der Waals surface area contributed by atoms with Crippen molar-refractivity contribution in [1.82, 2.24) is 4.98 Å². The van der Waals surface area contributed by atoms with Gasteiger partial charge in [0.05, 0.1) is 24.7 Å². The van der Waals surface area contributed by atoms with Crippen LogP contribution in [-0.4, -0.2) is 18.6 Å². The van der Waals surface area contributed by atoms with E-state index in [-0.39, 0.29) is 0 Å². The molecule has 1 aromatic carbocycles. The Morgan fingerprint density at radius 3 is 2.84 bits per heavy atom. The van der Waals surface area contributed by atoms with E-state index in [9.17, 15) is 0 Å². The van der Waals surface area contributed by atoms with E-state index in [2.05, 4.69) is 10.3 Å². The number of aromatic nitrogens is 1. The Balaban J connectivity index is 2.11. The summed E-state index contributed by atoms with van der Waals surface area (Å²) < 4.78 is 10.9. The number of hydrogen-bond acceptors (Lipinski definition) is 4. The third kappa shape index (κ3) is 3.96. The Morgan fingerprint density at radius 2 is 2.05 bits per heavy atom. The van der Waals surface area contributed by atoms with Crippen molar-refractivity contribution >= 4 is 5.69 Å². The van der Waals surface area contributed by atoms with Crippen molar-refractivity contribution in [1.29, 1.82) is 0 Å². The van der Waals surface area contributed by atoms with Crippen LogP contribution >= 0.6 is 0 Å². The van der Waals surface area contributed by atoms with Gasteiger partial charge in [0, 0.05) is 19.7 Å². The van der Waals surface area contributed by atoms with Gasteiger partial charge in [-0.2, -0.15) is 0 Å². The molecule has 4 nitrogen and oxygen atoms in total. The molecule has 0 fully saturated rings. The normalized spacial score (nSPS) is 10.2. The van der Waals surface area contributed by atoms with Gasteiger partial charge in [0.25, 0.3) is 0 Å². The highest BCUT2D eigenvalue weighted by molar-refractivity contribution is 5.46. The van der Waals surface area contributed by atoms with Crippen LogP contribution in [0.15, 0.2) is 42.7 Å². The minimum atomic E-state index is 0.576. The number of rotatable bonds is 6. The van der Waals surface area contributed by atoms with Gasteiger partial charge in [0.1, 0.15) is 11.5 Å². The summed E-state index contributed by atoms with van der Waals surface area (Å²) in [5.41, 5.74) is 2.03. The maximum atomic E-state index is 5.79. The maximum Gasteiger partial charge on any atom is 0.147 e. The number of methoxy groups -OCH3 is 1. The van der Waals surface area contributed by atoms with Crippen LogP contribution in [0.4, 0.5) is 5.69 Å². The van der Waals surface area contributed by atoms with Gasteiger partial charge in [0.15, 0.2) is 0 Å². The van der Waals surface area contributed by atoms with Crippen molar-refractivity contribution in [3.05, 3.63) is 48.3 Å². The molecule has 0 amide bonds. The molecule has 1 aromatic heterocycles. The molecule has 0 spiro atoms. The molecule has 0 aliphatic rings. The van der Waals surface area contributed by atoms with E-state index in [0.717, 1.165) is 23.5 Å². The predicted octanol–water partition coefficient (Wildman–Crippen LogP) is 3.45. The zero-order valence-electron chi connectivity index (χ0n) is 11.2. The van der Waals surface area contributed by atoms with Crippen molar-refractivity contribution in [2.45, 2.75) is 13.5 Å². The fourth-order valence-corrected chi connectivity index (χ4v) is 1.78. The summed E-state index contributed by atoms with van der Waals surface area (Å²) in [6.07, 6.45) is 3.47. The predicted molar refractivity (Wildman–Crippen MR) is 75.6 cm³/mol. The maximum absolute atomic E-state index is 5.79. The number of hydrogen-bond donors (Lipinski definition) is 1. The van der Waals surface area contributed by atoms with E-state index in [0.29, 0.717) is 12.4 Å². The molecule has 0 saturated carbocycles. The first-order valence-corrected chi connectivity index (χ1v) is 6.26. The summed E-state index contributed by atoms with van der Waals surface area (Å²) in [7, 11) is 1.68. The van der Waals surface area contributed by atoms with E-state index in [1.54, 1.807) is 19.5 Å². The molecule has 0 aliphatic carbocycles. The van der Waals surface area contributed by atoms with Crippen LogP contribution in [0.5, 0.6) is 11.5 Å². The van der Waals surface area contributed by atoms with Crippen LogP contribution in [0.3, 0.4) is 0 Å². The lowest BCUT2D eigenvalue weighted by Crippen LogP contribution is -1.97. The molecule has 0 bridgehead atoms. The second kappa shape index (κ2) is 6.75. The average molecular weight is 258 g/mol. The van der Waals surface area contributed by atoms with Gasteiger partial charge in [0.2, 0.25) is 0 Å². The number of pyridine rings is 1. The zero-order valence-corrected chi connectivity index (χ0v) is 11.2. The first-order valence-electron chi connectivity index (χ1n) is 6.26. The van der Waals surface area contributed by atoms with Gasteiger partial charge >= 0.3 is 0 Å². The number of nitrogens with one attached hydrogen (secondary N) is 1. The molecule has 100 valence electrons. The summed E-state index contributed by atoms with van der Waals surface area (Å²) in [5.74, 6) is 1.50. The fourth-order valence-electron chi connectivity index (χ4n) is 1.78. The van der Waals surface area contributed by atoms with Crippen molar-refractivity contribution in [2.75, 3.05) is 19.0 Å². The van der Waals surface area contributed by atoms with Gasteiger partial charge in [-0.15, -0.1) is 0 Å². The molecule has 4 heteroatoms. The van der Waals surface area contributed by atoms with Crippen molar-refractivity contribution in [3.8, 4) is 11.5 Å². The fraction of sp³-hybridized carbons (Fsp3) is 0.267. The second-order valence-corrected chi connectivity index (χ2v) is 4.12. The second-order valence-electron chi connectivity index (χ2n) is 4.12. The molecule has 0 radical (unpaired) electrons. The number of anilines is 1. The summed E-state index contributed by atoms with van der Waals surface area (Å²) in [5, 5.41) is 3.20. The van der Waals surface area contributed by atoms with E-state index < -0.39 is 0 Å². The van der Waals surface area contributed by atoms with E-state index >= 15 is 0 Å². The minimum Gasteiger partial charge on any atom is -0.456 e. The van der Waals surface area contributed by atoms with Crippen LogP contribution in [0.2, 0.25) is 0 Å². The van der Waals surface area contributed by atoms with Gasteiger partial charge in [-0.05, 0) is 24.6 Å². The molecule has 2 aromatic rings. The molecule has 0 saturated heterocycles. The Kier molecular flexibility index (Phi) is 4.75. The highest BCUT2D eigenvalue weighted by Gasteiger charge is 2.01. The van der Waals surface area contributed by atoms with Crippen LogP contribution in [0.25, 0.3) is 0 Å². The van der Waals surface area contributed by atoms with Gasteiger partial charge < -0.3 is 14.8 Å². The number of nitrogens with zero attached hydrogens (tertiary/aromatic N) is 1. The number of ether oxygens (including phenoxy) is 2. The lowest BCUT2D eigenvalue weighted by molar-refractivity contribution is 0.184. The molecule has 0 unspecified atom stereocenters. The minimum absolute atomic E-state index is 0.576. The topological polar surface area (TPSA) is 43.4 Å². The van der Waals surface area contributed by atoms with E-state index in [1.807, 2.05) is 37.3 Å². The van der Waals surface area contributed by atoms with E-state index in [1.165, 1.54) is 0 Å². The Morgan fingerprint density at radius 1 is 1.16 bits per heavy atom. The van der Waals surface area contributed by atoms with Gasteiger partial charge in [-0.1, -0.05) is 12.1 Å². The molecular weight excluding hydrogens is 240 g/mol. The number of benzene rings is 1. The average Bonchev–Trinajstić information content (AvgIpc) is 2.40. The summed E-state index contributed by atoms with van der Waals surface area (Å²) >= 11 is 0. The Labute approximate surface area is 113 Å². The Hall–Kier alpha value is -2.07. The molecule has 1 N–H and O–H groups in total. The summed E-state index contributed by atoms with van der Waals surface area (Å²) in [6.45, 7) is 3.48. The monoisotopic (exact) mass is 258 g/mol. The largest absolute Gasteiger partial charge is 0.456 e. The lowest BCUT2D eigenvalue weighted by atomic mass is 10.2. The quantitative estimate of drug-likeness (QED) is 0.861. The third-order valence-corrected chi connectivity index (χ3v) is 2.54. The lowest BCUT2D eigenvalue weighted by Gasteiger charge is -2.09.